The predicted molar refractivity (Wildman–Crippen MR) is 143 cm³/mol. The number of urea groups is 1. The van der Waals surface area contributed by atoms with E-state index < -0.39 is 11.4 Å². The van der Waals surface area contributed by atoms with E-state index in [0.29, 0.717) is 46.4 Å². The first-order valence-electron chi connectivity index (χ1n) is 11.7. The van der Waals surface area contributed by atoms with E-state index in [1.807, 2.05) is 25.1 Å². The van der Waals surface area contributed by atoms with Crippen LogP contribution in [0.3, 0.4) is 0 Å². The van der Waals surface area contributed by atoms with Gasteiger partial charge in [-0.2, -0.15) is 0 Å². The molecule has 0 heterocycles. The Hall–Kier alpha value is -3.35. The summed E-state index contributed by atoms with van der Waals surface area (Å²) >= 11 is 12.5. The second-order valence-corrected chi connectivity index (χ2v) is 9.87. The molecule has 0 aliphatic heterocycles. The van der Waals surface area contributed by atoms with Crippen molar-refractivity contribution in [2.75, 3.05) is 17.2 Å². The van der Waals surface area contributed by atoms with Crippen LogP contribution >= 0.6 is 23.2 Å². The van der Waals surface area contributed by atoms with Crippen LogP contribution in [0.15, 0.2) is 60.7 Å². The van der Waals surface area contributed by atoms with E-state index in [4.69, 9.17) is 27.9 Å². The van der Waals surface area contributed by atoms with Gasteiger partial charge in [-0.1, -0.05) is 60.5 Å². The summed E-state index contributed by atoms with van der Waals surface area (Å²) in [6.45, 7) is 3.88. The van der Waals surface area contributed by atoms with E-state index in [1.54, 1.807) is 49.4 Å². The van der Waals surface area contributed by atoms with Crippen LogP contribution in [0.4, 0.5) is 16.2 Å². The smallest absolute Gasteiger partial charge is 0.323 e. The molecule has 36 heavy (non-hydrogen) atoms. The lowest BCUT2D eigenvalue weighted by atomic mass is 9.69. The Balaban J connectivity index is 1.48. The fraction of sp³-hybridized carbons (Fsp3) is 0.250. The molecule has 1 aliphatic carbocycles. The average molecular weight is 525 g/mol. The topological polar surface area (TPSA) is 84.5 Å². The number of rotatable bonds is 6. The molecule has 0 spiro atoms. The molecule has 2 N–H and O–H groups in total. The summed E-state index contributed by atoms with van der Waals surface area (Å²) < 4.78 is 5.06. The molecule has 0 saturated heterocycles. The summed E-state index contributed by atoms with van der Waals surface area (Å²) in [5, 5.41) is 6.47. The van der Waals surface area contributed by atoms with Gasteiger partial charge in [0.25, 0.3) is 0 Å². The second-order valence-electron chi connectivity index (χ2n) is 9.03. The molecule has 3 aromatic carbocycles. The summed E-state index contributed by atoms with van der Waals surface area (Å²) in [5.74, 6) is -0.394. The number of esters is 1. The van der Waals surface area contributed by atoms with Gasteiger partial charge in [-0.25, -0.2) is 4.79 Å². The van der Waals surface area contributed by atoms with Gasteiger partial charge in [0.15, 0.2) is 5.78 Å². The maximum Gasteiger partial charge on any atom is 0.323 e. The number of hydrogen-bond acceptors (Lipinski definition) is 4. The first-order valence-corrected chi connectivity index (χ1v) is 12.4. The number of nitrogens with one attached hydrogen (secondary N) is 2. The van der Waals surface area contributed by atoms with Gasteiger partial charge in [-0.3, -0.25) is 9.59 Å². The van der Waals surface area contributed by atoms with Crippen molar-refractivity contribution >= 4 is 52.4 Å². The second kappa shape index (κ2) is 10.7. The van der Waals surface area contributed by atoms with Crippen molar-refractivity contribution < 1.29 is 19.1 Å². The van der Waals surface area contributed by atoms with Crippen LogP contribution in [0, 0.1) is 5.41 Å². The quantitative estimate of drug-likeness (QED) is 0.329. The molecule has 4 rings (SSSR count). The van der Waals surface area contributed by atoms with Crippen molar-refractivity contribution in [3.8, 4) is 11.1 Å². The minimum Gasteiger partial charge on any atom is -0.466 e. The van der Waals surface area contributed by atoms with Crippen molar-refractivity contribution in [2.45, 2.75) is 33.1 Å². The van der Waals surface area contributed by atoms with Crippen LogP contribution in [-0.4, -0.2) is 24.4 Å². The zero-order valence-corrected chi connectivity index (χ0v) is 21.5. The normalized spacial score (nSPS) is 16.7. The maximum absolute atomic E-state index is 13.2. The molecule has 1 aliphatic rings. The van der Waals surface area contributed by atoms with E-state index in [9.17, 15) is 14.4 Å². The molecule has 1 atom stereocenters. The molecule has 0 radical (unpaired) electrons. The fourth-order valence-corrected chi connectivity index (χ4v) is 4.90. The number of carbonyl (C=O) groups is 3. The summed E-state index contributed by atoms with van der Waals surface area (Å²) in [5.41, 5.74) is 3.55. The van der Waals surface area contributed by atoms with E-state index in [0.717, 1.165) is 16.7 Å². The van der Waals surface area contributed by atoms with Gasteiger partial charge in [0.2, 0.25) is 0 Å². The van der Waals surface area contributed by atoms with E-state index in [1.165, 1.54) is 0 Å². The Bertz CT molecular complexity index is 1340. The summed E-state index contributed by atoms with van der Waals surface area (Å²) in [6.07, 6.45) is 1.32. The molecular weight excluding hydrogens is 499 g/mol. The highest BCUT2D eigenvalue weighted by atomic mass is 35.5. The molecule has 2 amide bonds. The number of ether oxygens (including phenoxy) is 1. The first-order chi connectivity index (χ1) is 17.2. The van der Waals surface area contributed by atoms with Crippen LogP contribution < -0.4 is 10.6 Å². The zero-order chi connectivity index (χ0) is 25.9. The number of halogens is 2. The number of Topliss-reactive ketones (excluding diaryl/α,β-unsaturated/α-hetero) is 1. The van der Waals surface area contributed by atoms with Crippen LogP contribution in [0.5, 0.6) is 0 Å². The van der Waals surface area contributed by atoms with Crippen LogP contribution in [-0.2, 0) is 16.0 Å². The van der Waals surface area contributed by atoms with E-state index in [-0.39, 0.29) is 18.2 Å². The number of carbonyl (C=O) groups excluding carboxylic acids is 3. The number of benzene rings is 3. The Morgan fingerprint density at radius 1 is 0.972 bits per heavy atom. The molecule has 1 unspecified atom stereocenters. The molecule has 3 aromatic rings. The molecule has 8 heteroatoms. The molecule has 186 valence electrons. The monoisotopic (exact) mass is 524 g/mol. The van der Waals surface area contributed by atoms with Crippen molar-refractivity contribution in [2.24, 2.45) is 5.41 Å². The summed E-state index contributed by atoms with van der Waals surface area (Å²) in [4.78, 5) is 37.6. The summed E-state index contributed by atoms with van der Waals surface area (Å²) in [7, 11) is 0. The zero-order valence-electron chi connectivity index (χ0n) is 20.0. The lowest BCUT2D eigenvalue weighted by Crippen LogP contribution is -2.36. The Morgan fingerprint density at radius 3 is 2.39 bits per heavy atom. The molecule has 0 bridgehead atoms. The van der Waals surface area contributed by atoms with Gasteiger partial charge >= 0.3 is 12.0 Å². The lowest BCUT2D eigenvalue weighted by Gasteiger charge is -2.32. The standard InChI is InChI=1S/C28H26Cl2N2O4/c1-3-36-25(33)16-28(2)12-11-18-13-17(7-9-23(18)26(28)34)22-10-8-21(15-24(22)30)32-27(35)31-20-6-4-5-19(29)14-20/h4-10,13-15H,3,11-12,16H2,1-2H3,(H2,31,32,35). The van der Waals surface area contributed by atoms with Crippen LogP contribution in [0.1, 0.15) is 42.6 Å². The molecule has 0 saturated carbocycles. The number of fused-ring (bicyclic) bond motifs is 1. The highest BCUT2D eigenvalue weighted by Gasteiger charge is 2.40. The highest BCUT2D eigenvalue weighted by Crippen LogP contribution is 2.40. The summed E-state index contributed by atoms with van der Waals surface area (Å²) in [6, 6.07) is 17.3. The largest absolute Gasteiger partial charge is 0.466 e. The van der Waals surface area contributed by atoms with Gasteiger partial charge in [0.05, 0.1) is 18.1 Å². The number of anilines is 2. The van der Waals surface area contributed by atoms with Crippen molar-refractivity contribution in [1.82, 2.24) is 0 Å². The third-order valence-corrected chi connectivity index (χ3v) is 6.85. The number of ketones is 1. The minimum absolute atomic E-state index is 0.0419. The average Bonchev–Trinajstić information content (AvgIpc) is 2.82. The van der Waals surface area contributed by atoms with Crippen molar-refractivity contribution in [3.63, 3.8) is 0 Å². The molecule has 6 nitrogen and oxygen atoms in total. The van der Waals surface area contributed by atoms with Crippen LogP contribution in [0.2, 0.25) is 10.0 Å². The lowest BCUT2D eigenvalue weighted by molar-refractivity contribution is -0.145. The third kappa shape index (κ3) is 5.72. The Morgan fingerprint density at radius 2 is 1.69 bits per heavy atom. The first kappa shape index (κ1) is 25.7. The number of aryl methyl sites for hydroxylation is 1. The molecule has 0 fully saturated rings. The van der Waals surface area contributed by atoms with Gasteiger partial charge < -0.3 is 15.4 Å². The van der Waals surface area contributed by atoms with Crippen LogP contribution in [0.25, 0.3) is 11.1 Å². The van der Waals surface area contributed by atoms with Gasteiger partial charge in [0.1, 0.15) is 0 Å². The van der Waals surface area contributed by atoms with E-state index in [2.05, 4.69) is 10.6 Å². The predicted octanol–water partition coefficient (Wildman–Crippen LogP) is 7.39. The number of amides is 2. The van der Waals surface area contributed by atoms with Gasteiger partial charge in [-0.15, -0.1) is 0 Å². The van der Waals surface area contributed by atoms with Gasteiger partial charge in [-0.05, 0) is 61.2 Å². The van der Waals surface area contributed by atoms with Crippen molar-refractivity contribution in [1.29, 1.82) is 0 Å². The Labute approximate surface area is 219 Å². The SMILES string of the molecule is CCOC(=O)CC1(C)CCc2cc(-c3ccc(NC(=O)Nc4cccc(Cl)c4)cc3Cl)ccc2C1=O. The highest BCUT2D eigenvalue weighted by molar-refractivity contribution is 6.33. The molecule has 0 aromatic heterocycles. The third-order valence-electron chi connectivity index (χ3n) is 6.30. The maximum atomic E-state index is 13.2. The minimum atomic E-state index is -0.766. The van der Waals surface area contributed by atoms with Gasteiger partial charge in [0, 0.05) is 32.9 Å². The Kier molecular flexibility index (Phi) is 7.67. The fourth-order valence-electron chi connectivity index (χ4n) is 4.42. The molecular formula is C28H26Cl2N2O4. The van der Waals surface area contributed by atoms with Crippen molar-refractivity contribution in [3.05, 3.63) is 81.8 Å². The number of hydrogen-bond donors (Lipinski definition) is 2. The van der Waals surface area contributed by atoms with E-state index >= 15 is 0 Å².